The Bertz CT molecular complexity index is 1070. The molecule has 0 spiro atoms. The molecule has 1 aliphatic heterocycles. The number of nitrogens with one attached hydrogen (secondary N) is 1. The number of aryl methyl sites for hydroxylation is 1. The number of amides is 1. The summed E-state index contributed by atoms with van der Waals surface area (Å²) in [5, 5.41) is 3.13. The van der Waals surface area contributed by atoms with Gasteiger partial charge in [-0.05, 0) is 49.6 Å². The summed E-state index contributed by atoms with van der Waals surface area (Å²) in [6, 6.07) is 6.67. The highest BCUT2D eigenvalue weighted by molar-refractivity contribution is 7.89. The van der Waals surface area contributed by atoms with Gasteiger partial charge in [-0.15, -0.1) is 0 Å². The summed E-state index contributed by atoms with van der Waals surface area (Å²) < 4.78 is 45.5. The van der Waals surface area contributed by atoms with Crippen LogP contribution in [0.1, 0.15) is 18.4 Å². The van der Waals surface area contributed by atoms with E-state index in [1.807, 2.05) is 6.92 Å². The Labute approximate surface area is 185 Å². The molecule has 0 bridgehead atoms. The molecule has 2 aromatic carbocycles. The number of benzene rings is 2. The van der Waals surface area contributed by atoms with Gasteiger partial charge in [0.2, 0.25) is 15.9 Å². The first-order valence-electron chi connectivity index (χ1n) is 9.23. The van der Waals surface area contributed by atoms with E-state index in [4.69, 9.17) is 27.9 Å². The van der Waals surface area contributed by atoms with Gasteiger partial charge in [0, 0.05) is 30.1 Å². The fraction of sp³-hybridized carbons (Fsp3) is 0.350. The Hall–Kier alpha value is -1.87. The van der Waals surface area contributed by atoms with Gasteiger partial charge in [0.15, 0.2) is 0 Å². The van der Waals surface area contributed by atoms with Gasteiger partial charge in [-0.25, -0.2) is 12.8 Å². The molecule has 1 heterocycles. The van der Waals surface area contributed by atoms with E-state index in [2.05, 4.69) is 5.32 Å². The van der Waals surface area contributed by atoms with Crippen LogP contribution in [-0.2, 0) is 14.8 Å². The zero-order valence-electron chi connectivity index (χ0n) is 16.4. The van der Waals surface area contributed by atoms with Crippen LogP contribution in [0.5, 0.6) is 5.75 Å². The summed E-state index contributed by atoms with van der Waals surface area (Å²) >= 11 is 11.8. The lowest BCUT2D eigenvalue weighted by Gasteiger charge is -2.30. The summed E-state index contributed by atoms with van der Waals surface area (Å²) in [4.78, 5) is 12.6. The van der Waals surface area contributed by atoms with Crippen molar-refractivity contribution in [1.82, 2.24) is 4.31 Å². The van der Waals surface area contributed by atoms with Gasteiger partial charge in [0.1, 0.15) is 11.6 Å². The molecule has 0 radical (unpaired) electrons. The molecule has 1 amide bonds. The van der Waals surface area contributed by atoms with Crippen molar-refractivity contribution in [2.75, 3.05) is 25.5 Å². The van der Waals surface area contributed by atoms with Gasteiger partial charge >= 0.3 is 0 Å². The fourth-order valence-electron chi connectivity index (χ4n) is 3.31. The summed E-state index contributed by atoms with van der Waals surface area (Å²) in [6.45, 7) is 2.17. The third-order valence-electron chi connectivity index (χ3n) is 5.09. The van der Waals surface area contributed by atoms with Crippen molar-refractivity contribution in [3.05, 3.63) is 51.8 Å². The zero-order chi connectivity index (χ0) is 22.1. The summed E-state index contributed by atoms with van der Waals surface area (Å²) in [6.07, 6.45) is 0.712. The molecule has 0 aromatic heterocycles. The lowest BCUT2D eigenvalue weighted by Crippen LogP contribution is -2.41. The number of ether oxygens (including phenoxy) is 1. The highest BCUT2D eigenvalue weighted by Crippen LogP contribution is 2.32. The minimum Gasteiger partial charge on any atom is -0.495 e. The molecule has 0 unspecified atom stereocenters. The molecule has 10 heteroatoms. The fourth-order valence-corrected chi connectivity index (χ4v) is 5.20. The highest BCUT2D eigenvalue weighted by Gasteiger charge is 2.32. The number of carbonyl (C=O) groups is 1. The van der Waals surface area contributed by atoms with Gasteiger partial charge in [0.05, 0.1) is 22.7 Å². The average molecular weight is 475 g/mol. The third-order valence-corrected chi connectivity index (χ3v) is 7.68. The summed E-state index contributed by atoms with van der Waals surface area (Å²) in [7, 11) is -2.33. The molecule has 0 saturated carbocycles. The Kier molecular flexibility index (Phi) is 6.91. The van der Waals surface area contributed by atoms with Crippen molar-refractivity contribution < 1.29 is 22.3 Å². The molecular formula is C20H21Cl2FN2O4S. The van der Waals surface area contributed by atoms with E-state index in [9.17, 15) is 17.6 Å². The van der Waals surface area contributed by atoms with Crippen molar-refractivity contribution in [3.8, 4) is 5.75 Å². The van der Waals surface area contributed by atoms with E-state index in [-0.39, 0.29) is 34.8 Å². The third kappa shape index (κ3) is 4.72. The standard InChI is InChI=1S/C20H21Cl2FN2O4S/c1-12-9-18(19(29-2)11-15(12)21)24-20(26)13-5-7-25(8-6-13)30(27,28)14-3-4-17(23)16(22)10-14/h3-4,9-11,13H,5-8H2,1-2H3,(H,24,26). The number of piperidine rings is 1. The van der Waals surface area contributed by atoms with Crippen molar-refractivity contribution in [2.24, 2.45) is 5.92 Å². The second-order valence-electron chi connectivity index (χ2n) is 7.05. The summed E-state index contributed by atoms with van der Waals surface area (Å²) in [5.41, 5.74) is 1.31. The van der Waals surface area contributed by atoms with Gasteiger partial charge in [-0.1, -0.05) is 23.2 Å². The van der Waals surface area contributed by atoms with Gasteiger partial charge in [-0.2, -0.15) is 4.31 Å². The number of hydrogen-bond acceptors (Lipinski definition) is 4. The highest BCUT2D eigenvalue weighted by atomic mass is 35.5. The molecule has 3 rings (SSSR count). The van der Waals surface area contributed by atoms with Crippen molar-refractivity contribution >= 4 is 44.8 Å². The van der Waals surface area contributed by atoms with Crippen LogP contribution in [0.4, 0.5) is 10.1 Å². The second kappa shape index (κ2) is 9.09. The predicted octanol–water partition coefficient (Wildman–Crippen LogP) is 4.49. The molecule has 0 aliphatic carbocycles. The molecule has 1 aliphatic rings. The molecule has 162 valence electrons. The van der Waals surface area contributed by atoms with E-state index in [1.54, 1.807) is 12.1 Å². The zero-order valence-corrected chi connectivity index (χ0v) is 18.7. The quantitative estimate of drug-likeness (QED) is 0.692. The Morgan fingerprint density at radius 3 is 2.43 bits per heavy atom. The van der Waals surface area contributed by atoms with E-state index < -0.39 is 15.8 Å². The Morgan fingerprint density at radius 1 is 1.17 bits per heavy atom. The van der Waals surface area contributed by atoms with Crippen LogP contribution in [0.25, 0.3) is 0 Å². The molecular weight excluding hydrogens is 454 g/mol. The minimum absolute atomic E-state index is 0.0711. The van der Waals surface area contributed by atoms with E-state index in [0.717, 1.165) is 17.7 Å². The van der Waals surface area contributed by atoms with E-state index in [0.29, 0.717) is 29.3 Å². The predicted molar refractivity (Wildman–Crippen MR) is 114 cm³/mol. The van der Waals surface area contributed by atoms with Crippen LogP contribution < -0.4 is 10.1 Å². The van der Waals surface area contributed by atoms with Gasteiger partial charge < -0.3 is 10.1 Å². The lowest BCUT2D eigenvalue weighted by molar-refractivity contribution is -0.120. The van der Waals surface area contributed by atoms with Crippen LogP contribution in [0.15, 0.2) is 35.2 Å². The summed E-state index contributed by atoms with van der Waals surface area (Å²) in [5.74, 6) is -0.795. The first-order chi connectivity index (χ1) is 14.1. The number of anilines is 1. The number of hydrogen-bond donors (Lipinski definition) is 1. The number of carbonyl (C=O) groups excluding carboxylic acids is 1. The van der Waals surface area contributed by atoms with E-state index in [1.165, 1.54) is 17.5 Å². The number of sulfonamides is 1. The maximum atomic E-state index is 13.3. The maximum Gasteiger partial charge on any atom is 0.243 e. The minimum atomic E-state index is -3.81. The average Bonchev–Trinajstić information content (AvgIpc) is 2.72. The Balaban J connectivity index is 1.67. The topological polar surface area (TPSA) is 75.7 Å². The molecule has 1 fully saturated rings. The van der Waals surface area contributed by atoms with E-state index >= 15 is 0 Å². The van der Waals surface area contributed by atoms with Crippen molar-refractivity contribution in [2.45, 2.75) is 24.7 Å². The Morgan fingerprint density at radius 2 is 1.83 bits per heavy atom. The first kappa shape index (κ1) is 22.8. The number of nitrogens with zero attached hydrogens (tertiary/aromatic N) is 1. The normalized spacial score (nSPS) is 15.8. The van der Waals surface area contributed by atoms with Crippen molar-refractivity contribution in [1.29, 1.82) is 0 Å². The molecule has 30 heavy (non-hydrogen) atoms. The molecule has 0 atom stereocenters. The molecule has 1 saturated heterocycles. The molecule has 1 N–H and O–H groups in total. The maximum absolute atomic E-state index is 13.3. The largest absolute Gasteiger partial charge is 0.495 e. The molecule has 2 aromatic rings. The monoisotopic (exact) mass is 474 g/mol. The van der Waals surface area contributed by atoms with Crippen LogP contribution in [0, 0.1) is 18.7 Å². The SMILES string of the molecule is COc1cc(Cl)c(C)cc1NC(=O)C1CCN(S(=O)(=O)c2ccc(F)c(Cl)c2)CC1. The first-order valence-corrected chi connectivity index (χ1v) is 11.4. The van der Waals surface area contributed by atoms with Crippen LogP contribution >= 0.6 is 23.2 Å². The lowest BCUT2D eigenvalue weighted by atomic mass is 9.97. The van der Waals surface area contributed by atoms with Gasteiger partial charge in [0.25, 0.3) is 0 Å². The van der Waals surface area contributed by atoms with Crippen molar-refractivity contribution in [3.63, 3.8) is 0 Å². The van der Waals surface area contributed by atoms with Gasteiger partial charge in [-0.3, -0.25) is 4.79 Å². The van der Waals surface area contributed by atoms with Crippen LogP contribution in [0.2, 0.25) is 10.0 Å². The number of methoxy groups -OCH3 is 1. The number of halogens is 3. The molecule has 6 nitrogen and oxygen atoms in total. The number of rotatable bonds is 5. The smallest absolute Gasteiger partial charge is 0.243 e. The second-order valence-corrected chi connectivity index (χ2v) is 9.80. The van der Waals surface area contributed by atoms with Crippen LogP contribution in [-0.4, -0.2) is 38.8 Å². The van der Waals surface area contributed by atoms with Crippen LogP contribution in [0.3, 0.4) is 0 Å².